The molecule has 146 valence electrons. The van der Waals surface area contributed by atoms with Crippen molar-refractivity contribution in [3.63, 3.8) is 0 Å². The second kappa shape index (κ2) is 8.68. The van der Waals surface area contributed by atoms with Crippen LogP contribution in [0.3, 0.4) is 0 Å². The lowest BCUT2D eigenvalue weighted by molar-refractivity contribution is 0.143. The number of hydrogen-bond donors (Lipinski definition) is 1. The van der Waals surface area contributed by atoms with Crippen LogP contribution in [0.5, 0.6) is 5.88 Å². The highest BCUT2D eigenvalue weighted by atomic mass is 32.2. The molecule has 26 heavy (non-hydrogen) atoms. The van der Waals surface area contributed by atoms with E-state index in [1.54, 1.807) is 34.2 Å². The number of rotatable bonds is 6. The predicted octanol–water partition coefficient (Wildman–Crippen LogP) is 0.691. The first-order valence-corrected chi connectivity index (χ1v) is 10.2. The Kier molecular flexibility index (Phi) is 6.82. The van der Waals surface area contributed by atoms with Crippen molar-refractivity contribution in [3.05, 3.63) is 23.9 Å². The Morgan fingerprint density at radius 2 is 2.19 bits per heavy atom. The third-order valence-electron chi connectivity index (χ3n) is 4.37. The molecular formula is C17H28N4O4S. The summed E-state index contributed by atoms with van der Waals surface area (Å²) in [5.74, 6) is 1.34. The zero-order chi connectivity index (χ0) is 19.2. The summed E-state index contributed by atoms with van der Waals surface area (Å²) in [5.41, 5.74) is 0.897. The SMILES string of the molecule is CN=C(NCc1cccnc1OCCOC)N1CCS(=O)(=O)C(C)(C)C1. The molecule has 0 amide bonds. The van der Waals surface area contributed by atoms with E-state index < -0.39 is 14.6 Å². The van der Waals surface area contributed by atoms with Gasteiger partial charge < -0.3 is 19.7 Å². The van der Waals surface area contributed by atoms with Crippen LogP contribution in [0.2, 0.25) is 0 Å². The zero-order valence-corrected chi connectivity index (χ0v) is 16.7. The van der Waals surface area contributed by atoms with Crippen LogP contribution in [0.25, 0.3) is 0 Å². The highest BCUT2D eigenvalue weighted by molar-refractivity contribution is 7.92. The number of guanidine groups is 1. The molecule has 0 radical (unpaired) electrons. The molecule has 0 atom stereocenters. The molecule has 1 saturated heterocycles. The van der Waals surface area contributed by atoms with Crippen molar-refractivity contribution in [1.82, 2.24) is 15.2 Å². The van der Waals surface area contributed by atoms with Gasteiger partial charge in [0.05, 0.1) is 17.1 Å². The minimum Gasteiger partial charge on any atom is -0.475 e. The van der Waals surface area contributed by atoms with Gasteiger partial charge >= 0.3 is 0 Å². The lowest BCUT2D eigenvalue weighted by atomic mass is 10.2. The van der Waals surface area contributed by atoms with Gasteiger partial charge in [-0.3, -0.25) is 4.99 Å². The molecule has 1 aliphatic rings. The number of sulfone groups is 1. The molecule has 2 heterocycles. The Morgan fingerprint density at radius 1 is 1.42 bits per heavy atom. The Bertz CT molecular complexity index is 734. The van der Waals surface area contributed by atoms with Gasteiger partial charge in [0.15, 0.2) is 15.8 Å². The van der Waals surface area contributed by atoms with E-state index in [9.17, 15) is 8.42 Å². The number of methoxy groups -OCH3 is 1. The summed E-state index contributed by atoms with van der Waals surface area (Å²) in [6, 6.07) is 3.78. The molecule has 2 rings (SSSR count). The lowest BCUT2D eigenvalue weighted by Crippen LogP contribution is -2.57. The standard InChI is InChI=1S/C17H28N4O4S/c1-17(2)13-21(8-11-26(17,22)23)16(18-3)20-12-14-6-5-7-19-15(14)25-10-9-24-4/h5-7H,8-13H2,1-4H3,(H,18,20). The van der Waals surface area contributed by atoms with E-state index in [2.05, 4.69) is 15.3 Å². The maximum Gasteiger partial charge on any atom is 0.218 e. The Hall–Kier alpha value is -1.87. The molecule has 0 bridgehead atoms. The van der Waals surface area contributed by atoms with E-state index in [0.717, 1.165) is 5.56 Å². The molecule has 0 aromatic carbocycles. The summed E-state index contributed by atoms with van der Waals surface area (Å²) in [7, 11) is 0.223. The second-order valence-corrected chi connectivity index (χ2v) is 9.45. The van der Waals surface area contributed by atoms with Crippen LogP contribution in [0, 0.1) is 0 Å². The van der Waals surface area contributed by atoms with Gasteiger partial charge in [-0.15, -0.1) is 0 Å². The molecule has 8 nitrogen and oxygen atoms in total. The van der Waals surface area contributed by atoms with E-state index in [4.69, 9.17) is 9.47 Å². The Labute approximate surface area is 155 Å². The maximum atomic E-state index is 12.2. The van der Waals surface area contributed by atoms with E-state index >= 15 is 0 Å². The van der Waals surface area contributed by atoms with Gasteiger partial charge in [0.2, 0.25) is 5.88 Å². The van der Waals surface area contributed by atoms with Gasteiger partial charge in [-0.1, -0.05) is 6.07 Å². The predicted molar refractivity (Wildman–Crippen MR) is 101 cm³/mol. The smallest absolute Gasteiger partial charge is 0.218 e. The summed E-state index contributed by atoms with van der Waals surface area (Å²) in [4.78, 5) is 10.5. The van der Waals surface area contributed by atoms with Crippen molar-refractivity contribution in [1.29, 1.82) is 0 Å². The van der Waals surface area contributed by atoms with Crippen LogP contribution in [0.15, 0.2) is 23.3 Å². The summed E-state index contributed by atoms with van der Waals surface area (Å²) in [6.45, 7) is 5.73. The number of pyridine rings is 1. The number of aliphatic imine (C=N–C) groups is 1. The normalized spacial score (nSPS) is 19.2. The van der Waals surface area contributed by atoms with Crippen molar-refractivity contribution in [2.45, 2.75) is 25.1 Å². The average molecular weight is 385 g/mol. The summed E-state index contributed by atoms with van der Waals surface area (Å²) >= 11 is 0. The molecule has 0 unspecified atom stereocenters. The minimum atomic E-state index is -3.09. The molecule has 1 aliphatic heterocycles. The summed E-state index contributed by atoms with van der Waals surface area (Å²) < 4.78 is 34.2. The molecule has 9 heteroatoms. The first kappa shape index (κ1) is 20.4. The molecule has 1 aromatic heterocycles. The van der Waals surface area contributed by atoms with Gasteiger partial charge in [-0.05, 0) is 19.9 Å². The first-order valence-electron chi connectivity index (χ1n) is 8.54. The quantitative estimate of drug-likeness (QED) is 0.438. The van der Waals surface area contributed by atoms with Crippen molar-refractivity contribution < 1.29 is 17.9 Å². The fourth-order valence-corrected chi connectivity index (χ4v) is 4.11. The zero-order valence-electron chi connectivity index (χ0n) is 15.9. The molecular weight excluding hydrogens is 356 g/mol. The Morgan fingerprint density at radius 3 is 2.85 bits per heavy atom. The largest absolute Gasteiger partial charge is 0.475 e. The second-order valence-electron chi connectivity index (χ2n) is 6.71. The number of aromatic nitrogens is 1. The van der Waals surface area contributed by atoms with Gasteiger partial charge in [0.1, 0.15) is 6.61 Å². The average Bonchev–Trinajstić information content (AvgIpc) is 2.60. The van der Waals surface area contributed by atoms with Gasteiger partial charge in [-0.2, -0.15) is 0 Å². The monoisotopic (exact) mass is 384 g/mol. The summed E-state index contributed by atoms with van der Waals surface area (Å²) in [5, 5.41) is 3.28. The minimum absolute atomic E-state index is 0.124. The molecule has 0 aliphatic carbocycles. The highest BCUT2D eigenvalue weighted by Gasteiger charge is 2.40. The molecule has 1 aromatic rings. The third-order valence-corrected chi connectivity index (χ3v) is 6.90. The van der Waals surface area contributed by atoms with Crippen LogP contribution in [-0.4, -0.2) is 75.2 Å². The van der Waals surface area contributed by atoms with Crippen LogP contribution < -0.4 is 10.1 Å². The maximum absolute atomic E-state index is 12.2. The van der Waals surface area contributed by atoms with Crippen molar-refractivity contribution in [3.8, 4) is 5.88 Å². The van der Waals surface area contributed by atoms with Gasteiger partial charge in [0, 0.05) is 45.6 Å². The van der Waals surface area contributed by atoms with E-state index in [-0.39, 0.29) is 5.75 Å². The fraction of sp³-hybridized carbons (Fsp3) is 0.647. The van der Waals surface area contributed by atoms with E-state index in [0.29, 0.717) is 44.7 Å². The van der Waals surface area contributed by atoms with Crippen LogP contribution in [-0.2, 0) is 21.1 Å². The molecule has 0 spiro atoms. The number of hydrogen-bond acceptors (Lipinski definition) is 6. The van der Waals surface area contributed by atoms with E-state index in [1.807, 2.05) is 17.0 Å². The molecule has 1 N–H and O–H groups in total. The van der Waals surface area contributed by atoms with Gasteiger partial charge in [0.25, 0.3) is 0 Å². The third kappa shape index (κ3) is 4.85. The van der Waals surface area contributed by atoms with Crippen LogP contribution in [0.1, 0.15) is 19.4 Å². The van der Waals surface area contributed by atoms with Crippen molar-refractivity contribution in [2.75, 3.05) is 46.2 Å². The topological polar surface area (TPSA) is 93.1 Å². The van der Waals surface area contributed by atoms with Gasteiger partial charge in [-0.25, -0.2) is 13.4 Å². The number of nitrogens with one attached hydrogen (secondary N) is 1. The first-order chi connectivity index (χ1) is 12.3. The number of nitrogens with zero attached hydrogens (tertiary/aromatic N) is 3. The highest BCUT2D eigenvalue weighted by Crippen LogP contribution is 2.24. The Balaban J connectivity index is 2.02. The van der Waals surface area contributed by atoms with Crippen LogP contribution in [0.4, 0.5) is 0 Å². The summed E-state index contributed by atoms with van der Waals surface area (Å²) in [6.07, 6.45) is 1.68. The number of ether oxygens (including phenoxy) is 2. The van der Waals surface area contributed by atoms with E-state index in [1.165, 1.54) is 0 Å². The fourth-order valence-electron chi connectivity index (χ4n) is 2.74. The van der Waals surface area contributed by atoms with Crippen LogP contribution >= 0.6 is 0 Å². The molecule has 1 fully saturated rings. The van der Waals surface area contributed by atoms with Crippen molar-refractivity contribution >= 4 is 15.8 Å². The molecule has 0 saturated carbocycles. The lowest BCUT2D eigenvalue weighted by Gasteiger charge is -2.39. The van der Waals surface area contributed by atoms with Crippen molar-refractivity contribution in [2.24, 2.45) is 4.99 Å².